The maximum Gasteiger partial charge on any atom is 0.0804 e. The monoisotopic (exact) mass is 262 g/mol. The lowest BCUT2D eigenvalue weighted by atomic mass is 10.0. The van der Waals surface area contributed by atoms with Crippen molar-refractivity contribution in [2.24, 2.45) is 0 Å². The van der Waals surface area contributed by atoms with Gasteiger partial charge < -0.3 is 10.4 Å². The van der Waals surface area contributed by atoms with Crippen LogP contribution in [0.2, 0.25) is 0 Å². The fraction of sp³-hybridized carbons (Fsp3) is 0.357. The van der Waals surface area contributed by atoms with Gasteiger partial charge in [0, 0.05) is 23.7 Å². The molecule has 2 unspecified atom stereocenters. The van der Waals surface area contributed by atoms with Crippen molar-refractivity contribution < 1.29 is 5.11 Å². The van der Waals surface area contributed by atoms with Crippen molar-refractivity contribution >= 4 is 11.3 Å². The summed E-state index contributed by atoms with van der Waals surface area (Å²) in [6, 6.07) is 10.0. The smallest absolute Gasteiger partial charge is 0.0804 e. The minimum absolute atomic E-state index is 0.266. The lowest BCUT2D eigenvalue weighted by molar-refractivity contribution is 0.154. The molecule has 0 spiro atoms. The van der Waals surface area contributed by atoms with Crippen molar-refractivity contribution in [3.05, 3.63) is 52.5 Å². The topological polar surface area (TPSA) is 45.1 Å². The molecule has 0 radical (unpaired) electrons. The number of aromatic nitrogens is 1. The van der Waals surface area contributed by atoms with Crippen LogP contribution in [0.3, 0.4) is 0 Å². The van der Waals surface area contributed by atoms with Crippen molar-refractivity contribution in [3.8, 4) is 0 Å². The summed E-state index contributed by atoms with van der Waals surface area (Å²) in [4.78, 5) is 5.26. The number of aliphatic hydroxyl groups is 1. The van der Waals surface area contributed by atoms with E-state index in [0.29, 0.717) is 6.42 Å². The van der Waals surface area contributed by atoms with Crippen LogP contribution < -0.4 is 5.32 Å². The second kappa shape index (κ2) is 6.64. The zero-order valence-corrected chi connectivity index (χ0v) is 11.2. The Morgan fingerprint density at radius 1 is 1.33 bits per heavy atom. The summed E-state index contributed by atoms with van der Waals surface area (Å²) >= 11 is 1.64. The third-order valence-corrected chi connectivity index (χ3v) is 3.65. The van der Waals surface area contributed by atoms with Crippen molar-refractivity contribution in [1.82, 2.24) is 10.3 Å². The van der Waals surface area contributed by atoms with Gasteiger partial charge in [-0.1, -0.05) is 30.3 Å². The molecule has 2 aromatic rings. The van der Waals surface area contributed by atoms with Crippen molar-refractivity contribution in [3.63, 3.8) is 0 Å². The first-order chi connectivity index (χ1) is 8.75. The van der Waals surface area contributed by atoms with Crippen molar-refractivity contribution in [2.75, 3.05) is 0 Å². The number of nitrogens with one attached hydrogen (secondary N) is 1. The Labute approximate surface area is 112 Å². The largest absolute Gasteiger partial charge is 0.388 e. The van der Waals surface area contributed by atoms with Gasteiger partial charge >= 0.3 is 0 Å². The van der Waals surface area contributed by atoms with Gasteiger partial charge in [-0.05, 0) is 18.9 Å². The second-order valence-corrected chi connectivity index (χ2v) is 5.38. The molecule has 0 fully saturated rings. The van der Waals surface area contributed by atoms with E-state index >= 15 is 0 Å². The fourth-order valence-electron chi connectivity index (χ4n) is 1.83. The molecule has 4 heteroatoms. The molecular weight excluding hydrogens is 244 g/mol. The molecule has 0 aliphatic heterocycles. The molecule has 0 amide bonds. The lowest BCUT2D eigenvalue weighted by Crippen LogP contribution is -2.27. The molecule has 2 N–H and O–H groups in total. The summed E-state index contributed by atoms with van der Waals surface area (Å²) in [7, 11) is 0. The van der Waals surface area contributed by atoms with Crippen LogP contribution in [0.25, 0.3) is 0 Å². The van der Waals surface area contributed by atoms with E-state index in [4.69, 9.17) is 0 Å². The normalized spacial score (nSPS) is 14.3. The van der Waals surface area contributed by atoms with Gasteiger partial charge in [0.25, 0.3) is 0 Å². The second-order valence-electron chi connectivity index (χ2n) is 4.41. The highest BCUT2D eigenvalue weighted by molar-refractivity contribution is 7.09. The number of thiazole rings is 1. The SMILES string of the molecule is CC(CC(O)c1ccccc1)NCc1cncs1. The molecule has 3 nitrogen and oxygen atoms in total. The van der Waals surface area contributed by atoms with Gasteiger partial charge in [0.1, 0.15) is 0 Å². The Bertz CT molecular complexity index is 444. The Morgan fingerprint density at radius 2 is 2.11 bits per heavy atom. The van der Waals surface area contributed by atoms with Crippen LogP contribution in [0, 0.1) is 0 Å². The van der Waals surface area contributed by atoms with E-state index in [1.165, 1.54) is 4.88 Å². The highest BCUT2D eigenvalue weighted by Gasteiger charge is 2.11. The number of aliphatic hydroxyl groups excluding tert-OH is 1. The molecule has 0 saturated heterocycles. The van der Waals surface area contributed by atoms with E-state index in [-0.39, 0.29) is 6.04 Å². The highest BCUT2D eigenvalue weighted by atomic mass is 32.1. The quantitative estimate of drug-likeness (QED) is 0.841. The summed E-state index contributed by atoms with van der Waals surface area (Å²) in [6.07, 6.45) is 2.18. The highest BCUT2D eigenvalue weighted by Crippen LogP contribution is 2.18. The molecule has 1 aromatic carbocycles. The Hall–Kier alpha value is -1.23. The first-order valence-electron chi connectivity index (χ1n) is 6.09. The predicted octanol–water partition coefficient (Wildman–Crippen LogP) is 2.74. The maximum absolute atomic E-state index is 10.1. The van der Waals surface area contributed by atoms with Gasteiger partial charge in [-0.15, -0.1) is 11.3 Å². The number of nitrogens with zero attached hydrogens (tertiary/aromatic N) is 1. The number of benzene rings is 1. The van der Waals surface area contributed by atoms with Crippen molar-refractivity contribution in [1.29, 1.82) is 0 Å². The van der Waals surface area contributed by atoms with Crippen LogP contribution in [0.5, 0.6) is 0 Å². The molecule has 96 valence electrons. The van der Waals surface area contributed by atoms with Gasteiger partial charge in [0.2, 0.25) is 0 Å². The maximum atomic E-state index is 10.1. The van der Waals surface area contributed by atoms with Gasteiger partial charge in [-0.2, -0.15) is 0 Å². The summed E-state index contributed by atoms with van der Waals surface area (Å²) in [5.41, 5.74) is 2.81. The molecule has 2 atom stereocenters. The van der Waals surface area contributed by atoms with Gasteiger partial charge in [0.15, 0.2) is 0 Å². The standard InChI is InChI=1S/C14H18N2OS/c1-11(16-9-13-8-15-10-18-13)7-14(17)12-5-3-2-4-6-12/h2-6,8,10-11,14,16-17H,7,9H2,1H3. The van der Waals surface area contributed by atoms with Gasteiger partial charge in [-0.25, -0.2) is 0 Å². The Morgan fingerprint density at radius 3 is 2.78 bits per heavy atom. The van der Waals surface area contributed by atoms with Crippen LogP contribution >= 0.6 is 11.3 Å². The third-order valence-electron chi connectivity index (χ3n) is 2.87. The predicted molar refractivity (Wildman–Crippen MR) is 74.4 cm³/mol. The summed E-state index contributed by atoms with van der Waals surface area (Å²) in [6.45, 7) is 2.90. The summed E-state index contributed by atoms with van der Waals surface area (Å²) in [5.74, 6) is 0. The average Bonchev–Trinajstić information content (AvgIpc) is 2.90. The summed E-state index contributed by atoms with van der Waals surface area (Å²) < 4.78 is 0. The van der Waals surface area contributed by atoms with Crippen LogP contribution in [0.15, 0.2) is 42.0 Å². The molecule has 0 bridgehead atoms. The van der Waals surface area contributed by atoms with E-state index in [1.807, 2.05) is 42.0 Å². The van der Waals surface area contributed by atoms with Gasteiger partial charge in [-0.3, -0.25) is 4.98 Å². The Balaban J connectivity index is 1.78. The van der Waals surface area contributed by atoms with E-state index < -0.39 is 6.10 Å². The molecule has 0 aliphatic carbocycles. The van der Waals surface area contributed by atoms with E-state index in [2.05, 4.69) is 17.2 Å². The van der Waals surface area contributed by atoms with Crippen LogP contribution in [0.1, 0.15) is 29.9 Å². The number of hydrogen-bond donors (Lipinski definition) is 2. The number of rotatable bonds is 6. The minimum atomic E-state index is -0.407. The molecule has 0 aliphatic rings. The van der Waals surface area contributed by atoms with Crippen molar-refractivity contribution in [2.45, 2.75) is 32.0 Å². The minimum Gasteiger partial charge on any atom is -0.388 e. The first-order valence-corrected chi connectivity index (χ1v) is 6.97. The fourth-order valence-corrected chi connectivity index (χ4v) is 2.38. The van der Waals surface area contributed by atoms with E-state index in [1.54, 1.807) is 11.3 Å². The molecule has 2 rings (SSSR count). The average molecular weight is 262 g/mol. The van der Waals surface area contributed by atoms with E-state index in [9.17, 15) is 5.11 Å². The first kappa shape index (κ1) is 13.2. The molecule has 1 heterocycles. The molecule has 18 heavy (non-hydrogen) atoms. The molecule has 0 saturated carbocycles. The lowest BCUT2D eigenvalue weighted by Gasteiger charge is -2.17. The zero-order valence-electron chi connectivity index (χ0n) is 10.4. The van der Waals surface area contributed by atoms with Crippen LogP contribution in [-0.4, -0.2) is 16.1 Å². The van der Waals surface area contributed by atoms with Crippen LogP contribution in [-0.2, 0) is 6.54 Å². The summed E-state index contributed by atoms with van der Waals surface area (Å²) in [5, 5.41) is 13.5. The molecule has 1 aromatic heterocycles. The zero-order chi connectivity index (χ0) is 12.8. The molecular formula is C14H18N2OS. The number of hydrogen-bond acceptors (Lipinski definition) is 4. The van der Waals surface area contributed by atoms with Crippen LogP contribution in [0.4, 0.5) is 0 Å². The third kappa shape index (κ3) is 3.91. The van der Waals surface area contributed by atoms with Gasteiger partial charge in [0.05, 0.1) is 11.6 Å². The Kier molecular flexibility index (Phi) is 4.87. The van der Waals surface area contributed by atoms with E-state index in [0.717, 1.165) is 12.1 Å².